The maximum absolute atomic E-state index is 11.8. The molecule has 0 aliphatic rings. The highest BCUT2D eigenvalue weighted by Gasteiger charge is 2.13. The Kier molecular flexibility index (Phi) is 12.1. The standard InChI is InChI=1S/C13H30N2O2S2/c1-4-9-14-10-6-7-12-19(16,17)15-13(3)8-11-18-5-2/h13-15H,4-12H2,1-3H3. The molecule has 0 rings (SSSR count). The molecule has 19 heavy (non-hydrogen) atoms. The molecule has 0 aromatic rings. The third kappa shape index (κ3) is 13.0. The second kappa shape index (κ2) is 12.0. The Morgan fingerprint density at radius 2 is 1.89 bits per heavy atom. The highest BCUT2D eigenvalue weighted by molar-refractivity contribution is 7.99. The Hall–Kier alpha value is 0.220. The monoisotopic (exact) mass is 310 g/mol. The summed E-state index contributed by atoms with van der Waals surface area (Å²) in [6.07, 6.45) is 3.66. The molecule has 6 heteroatoms. The van der Waals surface area contributed by atoms with Crippen LogP contribution in [-0.2, 0) is 10.0 Å². The highest BCUT2D eigenvalue weighted by atomic mass is 32.2. The van der Waals surface area contributed by atoms with Crippen molar-refractivity contribution in [1.29, 1.82) is 0 Å². The molecule has 0 spiro atoms. The molecular formula is C13H30N2O2S2. The largest absolute Gasteiger partial charge is 0.317 e. The number of hydrogen-bond donors (Lipinski definition) is 2. The van der Waals surface area contributed by atoms with E-state index in [1.165, 1.54) is 0 Å². The molecular weight excluding hydrogens is 280 g/mol. The van der Waals surface area contributed by atoms with E-state index >= 15 is 0 Å². The van der Waals surface area contributed by atoms with E-state index < -0.39 is 10.0 Å². The lowest BCUT2D eigenvalue weighted by molar-refractivity contribution is 0.551. The first-order valence-electron chi connectivity index (χ1n) is 7.30. The quantitative estimate of drug-likeness (QED) is 0.512. The van der Waals surface area contributed by atoms with Gasteiger partial charge in [0.25, 0.3) is 0 Å². The van der Waals surface area contributed by atoms with Crippen molar-refractivity contribution >= 4 is 21.8 Å². The fraction of sp³-hybridized carbons (Fsp3) is 1.00. The summed E-state index contributed by atoms with van der Waals surface area (Å²) >= 11 is 1.85. The summed E-state index contributed by atoms with van der Waals surface area (Å²) in [7, 11) is -3.10. The van der Waals surface area contributed by atoms with Gasteiger partial charge in [0.05, 0.1) is 5.75 Å². The van der Waals surface area contributed by atoms with Crippen LogP contribution in [0.15, 0.2) is 0 Å². The number of thioether (sulfide) groups is 1. The van der Waals surface area contributed by atoms with Gasteiger partial charge in [-0.3, -0.25) is 0 Å². The van der Waals surface area contributed by atoms with Crippen LogP contribution in [0.25, 0.3) is 0 Å². The predicted octanol–water partition coefficient (Wildman–Crippen LogP) is 2.22. The van der Waals surface area contributed by atoms with Crippen LogP contribution in [0.4, 0.5) is 0 Å². The molecule has 0 radical (unpaired) electrons. The second-order valence-electron chi connectivity index (χ2n) is 4.78. The van der Waals surface area contributed by atoms with Crippen LogP contribution in [0, 0.1) is 0 Å². The Morgan fingerprint density at radius 1 is 1.16 bits per heavy atom. The average molecular weight is 311 g/mol. The molecule has 0 heterocycles. The fourth-order valence-electron chi connectivity index (χ4n) is 1.67. The Morgan fingerprint density at radius 3 is 2.53 bits per heavy atom. The number of hydrogen-bond acceptors (Lipinski definition) is 4. The third-order valence-electron chi connectivity index (χ3n) is 2.72. The van der Waals surface area contributed by atoms with Crippen LogP contribution in [0.2, 0.25) is 0 Å². The van der Waals surface area contributed by atoms with Gasteiger partial charge in [-0.2, -0.15) is 11.8 Å². The van der Waals surface area contributed by atoms with E-state index in [1.807, 2.05) is 18.7 Å². The zero-order chi connectivity index (χ0) is 14.6. The minimum absolute atomic E-state index is 0.0438. The van der Waals surface area contributed by atoms with Gasteiger partial charge in [-0.1, -0.05) is 13.8 Å². The molecule has 0 bridgehead atoms. The van der Waals surface area contributed by atoms with Crippen LogP contribution in [0.5, 0.6) is 0 Å². The van der Waals surface area contributed by atoms with Gasteiger partial charge in [-0.25, -0.2) is 13.1 Å². The topological polar surface area (TPSA) is 58.2 Å². The van der Waals surface area contributed by atoms with Crippen molar-refractivity contribution < 1.29 is 8.42 Å². The molecule has 1 atom stereocenters. The molecule has 0 amide bonds. The van der Waals surface area contributed by atoms with E-state index in [4.69, 9.17) is 0 Å². The van der Waals surface area contributed by atoms with Crippen molar-refractivity contribution in [2.45, 2.75) is 52.5 Å². The third-order valence-corrected chi connectivity index (χ3v) is 5.24. The average Bonchev–Trinajstić information content (AvgIpc) is 2.33. The summed E-state index contributed by atoms with van der Waals surface area (Å²) in [6, 6.07) is 0.0438. The van der Waals surface area contributed by atoms with Crippen LogP contribution in [0.3, 0.4) is 0 Å². The molecule has 2 N–H and O–H groups in total. The molecule has 0 saturated heterocycles. The van der Waals surface area contributed by atoms with E-state index in [0.717, 1.165) is 50.3 Å². The molecule has 0 fully saturated rings. The van der Waals surface area contributed by atoms with Crippen LogP contribution < -0.4 is 10.0 Å². The number of sulfonamides is 1. The van der Waals surface area contributed by atoms with Crippen LogP contribution in [0.1, 0.15) is 46.5 Å². The van der Waals surface area contributed by atoms with Gasteiger partial charge in [-0.05, 0) is 57.2 Å². The van der Waals surface area contributed by atoms with Crippen molar-refractivity contribution in [2.75, 3.05) is 30.3 Å². The number of unbranched alkanes of at least 4 members (excludes halogenated alkanes) is 1. The first kappa shape index (κ1) is 19.2. The van der Waals surface area contributed by atoms with E-state index in [0.29, 0.717) is 0 Å². The summed E-state index contributed by atoms with van der Waals surface area (Å²) in [5, 5.41) is 3.28. The first-order chi connectivity index (χ1) is 9.02. The van der Waals surface area contributed by atoms with E-state index in [9.17, 15) is 8.42 Å². The minimum Gasteiger partial charge on any atom is -0.317 e. The maximum Gasteiger partial charge on any atom is 0.211 e. The molecule has 116 valence electrons. The summed E-state index contributed by atoms with van der Waals surface area (Å²) in [5.41, 5.74) is 0. The van der Waals surface area contributed by atoms with Crippen molar-refractivity contribution in [3.05, 3.63) is 0 Å². The van der Waals surface area contributed by atoms with Crippen molar-refractivity contribution in [3.8, 4) is 0 Å². The molecule has 0 aromatic carbocycles. The van der Waals surface area contributed by atoms with Crippen molar-refractivity contribution in [1.82, 2.24) is 10.0 Å². The fourth-order valence-corrected chi connectivity index (χ4v) is 3.91. The molecule has 0 aliphatic heterocycles. The SMILES string of the molecule is CCCNCCCCS(=O)(=O)NC(C)CCSCC. The van der Waals surface area contributed by atoms with Gasteiger partial charge < -0.3 is 5.32 Å². The molecule has 0 aliphatic carbocycles. The summed E-state index contributed by atoms with van der Waals surface area (Å²) in [5.74, 6) is 2.34. The van der Waals surface area contributed by atoms with Gasteiger partial charge in [0, 0.05) is 6.04 Å². The molecule has 0 aromatic heterocycles. The number of rotatable bonds is 13. The lowest BCUT2D eigenvalue weighted by Crippen LogP contribution is -2.35. The van der Waals surface area contributed by atoms with Crippen LogP contribution in [-0.4, -0.2) is 44.8 Å². The second-order valence-corrected chi connectivity index (χ2v) is 8.05. The molecule has 4 nitrogen and oxygen atoms in total. The normalized spacial score (nSPS) is 13.6. The van der Waals surface area contributed by atoms with Gasteiger partial charge in [0.15, 0.2) is 0 Å². The van der Waals surface area contributed by atoms with Gasteiger partial charge in [-0.15, -0.1) is 0 Å². The lowest BCUT2D eigenvalue weighted by Gasteiger charge is -2.13. The highest BCUT2D eigenvalue weighted by Crippen LogP contribution is 2.05. The zero-order valence-corrected chi connectivity index (χ0v) is 14.2. The van der Waals surface area contributed by atoms with Gasteiger partial charge in [0.2, 0.25) is 10.0 Å². The maximum atomic E-state index is 11.8. The predicted molar refractivity (Wildman–Crippen MR) is 86.4 cm³/mol. The van der Waals surface area contributed by atoms with Crippen molar-refractivity contribution in [2.24, 2.45) is 0 Å². The van der Waals surface area contributed by atoms with Crippen LogP contribution >= 0.6 is 11.8 Å². The molecule has 0 saturated carbocycles. The van der Waals surface area contributed by atoms with Crippen molar-refractivity contribution in [3.63, 3.8) is 0 Å². The smallest absolute Gasteiger partial charge is 0.211 e. The van der Waals surface area contributed by atoms with E-state index in [-0.39, 0.29) is 11.8 Å². The summed E-state index contributed by atoms with van der Waals surface area (Å²) in [6.45, 7) is 8.10. The zero-order valence-electron chi connectivity index (χ0n) is 12.6. The summed E-state index contributed by atoms with van der Waals surface area (Å²) in [4.78, 5) is 0. The lowest BCUT2D eigenvalue weighted by atomic mass is 10.3. The van der Waals surface area contributed by atoms with E-state index in [2.05, 4.69) is 23.9 Å². The van der Waals surface area contributed by atoms with E-state index in [1.54, 1.807) is 0 Å². The van der Waals surface area contributed by atoms with Gasteiger partial charge in [0.1, 0.15) is 0 Å². The minimum atomic E-state index is -3.10. The van der Waals surface area contributed by atoms with Gasteiger partial charge >= 0.3 is 0 Å². The number of nitrogens with one attached hydrogen (secondary N) is 2. The Bertz CT molecular complexity index is 295. The first-order valence-corrected chi connectivity index (χ1v) is 10.1. The summed E-state index contributed by atoms with van der Waals surface area (Å²) < 4.78 is 26.4. The Labute approximate surface area is 123 Å². The Balaban J connectivity index is 3.67. The molecule has 1 unspecified atom stereocenters.